The van der Waals surface area contributed by atoms with Crippen molar-refractivity contribution in [2.75, 3.05) is 25.1 Å². The minimum atomic E-state index is -0.433. The molecule has 1 amide bonds. The van der Waals surface area contributed by atoms with Gasteiger partial charge in [0.25, 0.3) is 0 Å². The largest absolute Gasteiger partial charge is 0.469 e. The number of hydrogen-bond acceptors (Lipinski definition) is 4. The molecule has 0 bridgehead atoms. The smallest absolute Gasteiger partial charge is 0.310 e. The Morgan fingerprint density at radius 1 is 1.32 bits per heavy atom. The lowest BCUT2D eigenvalue weighted by Crippen LogP contribution is -2.39. The fourth-order valence-corrected chi connectivity index (χ4v) is 2.41. The number of hydrogen-bond donors (Lipinski definition) is 1. The van der Waals surface area contributed by atoms with Crippen LogP contribution < -0.4 is 10.6 Å². The van der Waals surface area contributed by atoms with Crippen molar-refractivity contribution in [3.05, 3.63) is 29.8 Å². The Bertz CT molecular complexity index is 470. The summed E-state index contributed by atoms with van der Waals surface area (Å²) in [4.78, 5) is 24.7. The summed E-state index contributed by atoms with van der Waals surface area (Å²) in [5.74, 6) is -0.661. The van der Waals surface area contributed by atoms with E-state index in [0.717, 1.165) is 25.1 Å². The molecule has 0 saturated carbocycles. The highest BCUT2D eigenvalue weighted by Gasteiger charge is 2.26. The van der Waals surface area contributed by atoms with Crippen LogP contribution in [0.1, 0.15) is 23.2 Å². The molecule has 1 heterocycles. The van der Waals surface area contributed by atoms with E-state index in [0.29, 0.717) is 12.1 Å². The molecule has 0 spiro atoms. The van der Waals surface area contributed by atoms with E-state index < -0.39 is 5.91 Å². The molecule has 19 heavy (non-hydrogen) atoms. The fourth-order valence-electron chi connectivity index (χ4n) is 2.41. The average molecular weight is 262 g/mol. The lowest BCUT2D eigenvalue weighted by Gasteiger charge is -2.33. The van der Waals surface area contributed by atoms with E-state index in [1.165, 1.54) is 7.11 Å². The minimum Gasteiger partial charge on any atom is -0.469 e. The van der Waals surface area contributed by atoms with E-state index in [2.05, 4.69) is 4.90 Å². The molecule has 2 rings (SSSR count). The van der Waals surface area contributed by atoms with Gasteiger partial charge >= 0.3 is 5.97 Å². The first-order valence-corrected chi connectivity index (χ1v) is 6.34. The molecule has 2 N–H and O–H groups in total. The second-order valence-corrected chi connectivity index (χ2v) is 4.72. The van der Waals surface area contributed by atoms with Gasteiger partial charge in [-0.1, -0.05) is 0 Å². The number of methoxy groups -OCH3 is 1. The topological polar surface area (TPSA) is 72.6 Å². The van der Waals surface area contributed by atoms with Crippen LogP contribution in [0.4, 0.5) is 5.69 Å². The van der Waals surface area contributed by atoms with Gasteiger partial charge in [-0.3, -0.25) is 9.59 Å². The lowest BCUT2D eigenvalue weighted by molar-refractivity contribution is -0.145. The maximum Gasteiger partial charge on any atom is 0.310 e. The number of anilines is 1. The second-order valence-electron chi connectivity index (χ2n) is 4.72. The molecule has 1 aromatic rings. The highest BCUT2D eigenvalue weighted by Crippen LogP contribution is 2.24. The minimum absolute atomic E-state index is 0.0745. The number of carbonyl (C=O) groups is 2. The molecule has 5 heteroatoms. The van der Waals surface area contributed by atoms with Crippen molar-refractivity contribution in [2.24, 2.45) is 11.7 Å². The molecule has 1 fully saturated rings. The van der Waals surface area contributed by atoms with E-state index in [4.69, 9.17) is 10.5 Å². The fraction of sp³-hybridized carbons (Fsp3) is 0.429. The van der Waals surface area contributed by atoms with E-state index in [9.17, 15) is 9.59 Å². The van der Waals surface area contributed by atoms with Gasteiger partial charge in [0.2, 0.25) is 5.91 Å². The number of benzene rings is 1. The summed E-state index contributed by atoms with van der Waals surface area (Å²) in [6, 6.07) is 7.14. The molecule has 1 unspecified atom stereocenters. The van der Waals surface area contributed by atoms with Crippen LogP contribution in [0.3, 0.4) is 0 Å². The van der Waals surface area contributed by atoms with Crippen LogP contribution in [-0.2, 0) is 9.53 Å². The molecule has 5 nitrogen and oxygen atoms in total. The van der Waals surface area contributed by atoms with Crippen LogP contribution >= 0.6 is 0 Å². The number of nitrogens with zero attached hydrogens (tertiary/aromatic N) is 1. The van der Waals surface area contributed by atoms with Gasteiger partial charge in [-0.2, -0.15) is 0 Å². The molecule has 102 valence electrons. The number of ether oxygens (including phenoxy) is 1. The van der Waals surface area contributed by atoms with Crippen LogP contribution in [0.15, 0.2) is 24.3 Å². The van der Waals surface area contributed by atoms with Crippen molar-refractivity contribution in [1.82, 2.24) is 0 Å². The predicted octanol–water partition coefficient (Wildman–Crippen LogP) is 1.17. The van der Waals surface area contributed by atoms with Crippen molar-refractivity contribution in [1.29, 1.82) is 0 Å². The van der Waals surface area contributed by atoms with Crippen LogP contribution in [0, 0.1) is 5.92 Å². The predicted molar refractivity (Wildman–Crippen MR) is 71.9 cm³/mol. The first kappa shape index (κ1) is 13.4. The van der Waals surface area contributed by atoms with Crippen LogP contribution in [0.5, 0.6) is 0 Å². The summed E-state index contributed by atoms with van der Waals surface area (Å²) in [5, 5.41) is 0. The molecule has 1 aromatic carbocycles. The molecular weight excluding hydrogens is 244 g/mol. The molecule has 1 saturated heterocycles. The van der Waals surface area contributed by atoms with Crippen LogP contribution in [-0.4, -0.2) is 32.1 Å². The van der Waals surface area contributed by atoms with Crippen molar-refractivity contribution in [3.63, 3.8) is 0 Å². The van der Waals surface area contributed by atoms with Gasteiger partial charge in [0.15, 0.2) is 0 Å². The van der Waals surface area contributed by atoms with Gasteiger partial charge < -0.3 is 15.4 Å². The van der Waals surface area contributed by atoms with Gasteiger partial charge in [0.1, 0.15) is 0 Å². The van der Waals surface area contributed by atoms with Gasteiger partial charge in [0, 0.05) is 24.3 Å². The normalized spacial score (nSPS) is 19.0. The molecule has 0 aromatic heterocycles. The average Bonchev–Trinajstić information content (AvgIpc) is 2.46. The van der Waals surface area contributed by atoms with Gasteiger partial charge in [-0.15, -0.1) is 0 Å². The number of amides is 1. The summed E-state index contributed by atoms with van der Waals surface area (Å²) in [7, 11) is 1.42. The number of nitrogens with two attached hydrogens (primary N) is 1. The van der Waals surface area contributed by atoms with Crippen molar-refractivity contribution >= 4 is 17.6 Å². The Kier molecular flexibility index (Phi) is 4.04. The third kappa shape index (κ3) is 3.05. The Morgan fingerprint density at radius 3 is 2.58 bits per heavy atom. The van der Waals surface area contributed by atoms with E-state index >= 15 is 0 Å². The van der Waals surface area contributed by atoms with Crippen LogP contribution in [0.2, 0.25) is 0 Å². The van der Waals surface area contributed by atoms with E-state index in [-0.39, 0.29) is 11.9 Å². The zero-order chi connectivity index (χ0) is 13.8. The number of piperidine rings is 1. The number of carbonyl (C=O) groups excluding carboxylic acids is 2. The standard InChI is InChI=1S/C14H18N2O3/c1-19-14(18)11-3-2-8-16(9-11)12-6-4-10(5-7-12)13(15)17/h4-7,11H,2-3,8-9H2,1H3,(H2,15,17). The second kappa shape index (κ2) is 5.73. The van der Waals surface area contributed by atoms with Gasteiger partial charge in [0.05, 0.1) is 13.0 Å². The monoisotopic (exact) mass is 262 g/mol. The zero-order valence-corrected chi connectivity index (χ0v) is 11.0. The van der Waals surface area contributed by atoms with Gasteiger partial charge in [-0.05, 0) is 37.1 Å². The lowest BCUT2D eigenvalue weighted by atomic mass is 9.97. The first-order chi connectivity index (χ1) is 9.11. The maximum absolute atomic E-state index is 11.6. The van der Waals surface area contributed by atoms with E-state index in [1.807, 2.05) is 12.1 Å². The third-order valence-electron chi connectivity index (χ3n) is 3.47. The summed E-state index contributed by atoms with van der Waals surface area (Å²) >= 11 is 0. The molecule has 0 radical (unpaired) electrons. The molecule has 1 atom stereocenters. The van der Waals surface area contributed by atoms with E-state index in [1.54, 1.807) is 12.1 Å². The maximum atomic E-state index is 11.6. The highest BCUT2D eigenvalue weighted by atomic mass is 16.5. The Labute approximate surface area is 112 Å². The molecule has 1 aliphatic rings. The highest BCUT2D eigenvalue weighted by molar-refractivity contribution is 5.93. The van der Waals surface area contributed by atoms with Crippen molar-refractivity contribution in [3.8, 4) is 0 Å². The first-order valence-electron chi connectivity index (χ1n) is 6.34. The Morgan fingerprint density at radius 2 is 2.00 bits per heavy atom. The molecular formula is C14H18N2O3. The summed E-state index contributed by atoms with van der Waals surface area (Å²) in [6.07, 6.45) is 1.82. The quantitative estimate of drug-likeness (QED) is 0.830. The number of esters is 1. The SMILES string of the molecule is COC(=O)C1CCCN(c2ccc(C(N)=O)cc2)C1. The third-order valence-corrected chi connectivity index (χ3v) is 3.47. The summed E-state index contributed by atoms with van der Waals surface area (Å²) in [6.45, 7) is 1.56. The molecule has 0 aliphatic carbocycles. The van der Waals surface area contributed by atoms with Crippen molar-refractivity contribution in [2.45, 2.75) is 12.8 Å². The Hall–Kier alpha value is -2.04. The zero-order valence-electron chi connectivity index (χ0n) is 11.0. The van der Waals surface area contributed by atoms with Crippen LogP contribution in [0.25, 0.3) is 0 Å². The molecule has 1 aliphatic heterocycles. The van der Waals surface area contributed by atoms with Crippen molar-refractivity contribution < 1.29 is 14.3 Å². The number of rotatable bonds is 3. The number of primary amides is 1. The summed E-state index contributed by atoms with van der Waals surface area (Å²) < 4.78 is 4.80. The summed E-state index contributed by atoms with van der Waals surface area (Å²) in [5.41, 5.74) is 6.70. The van der Waals surface area contributed by atoms with Gasteiger partial charge in [-0.25, -0.2) is 0 Å². The Balaban J connectivity index is 2.08.